The molecule has 0 radical (unpaired) electrons. The highest BCUT2D eigenvalue weighted by Gasteiger charge is 2.19. The van der Waals surface area contributed by atoms with E-state index >= 15 is 0 Å². The highest BCUT2D eigenvalue weighted by molar-refractivity contribution is 7.03. The molecule has 20 heavy (non-hydrogen) atoms. The summed E-state index contributed by atoms with van der Waals surface area (Å²) in [6.45, 7) is -0.132. The van der Waals surface area contributed by atoms with Crippen molar-refractivity contribution in [3.05, 3.63) is 40.9 Å². The number of aliphatic hydroxyl groups is 1. The average Bonchev–Trinajstić information content (AvgIpc) is 2.98. The predicted octanol–water partition coefficient (Wildman–Crippen LogP) is 0.875. The Morgan fingerprint density at radius 1 is 1.25 bits per heavy atom. The molecule has 1 aromatic heterocycles. The van der Waals surface area contributed by atoms with Gasteiger partial charge in [-0.3, -0.25) is 4.79 Å². The highest BCUT2D eigenvalue weighted by atomic mass is 32.1. The summed E-state index contributed by atoms with van der Waals surface area (Å²) in [5.41, 5.74) is 0.799. The molecular formula is C12H11N3O4S. The maximum absolute atomic E-state index is 12.2. The largest absolute Gasteiger partial charge is 0.478 e. The lowest BCUT2D eigenvalue weighted by atomic mass is 10.2. The van der Waals surface area contributed by atoms with Gasteiger partial charge in [-0.25, -0.2) is 4.79 Å². The third-order valence-corrected chi connectivity index (χ3v) is 3.08. The van der Waals surface area contributed by atoms with E-state index in [1.807, 2.05) is 0 Å². The van der Waals surface area contributed by atoms with Crippen molar-refractivity contribution < 1.29 is 19.8 Å². The molecule has 0 bridgehead atoms. The van der Waals surface area contributed by atoms with E-state index in [0.29, 0.717) is 5.69 Å². The van der Waals surface area contributed by atoms with Gasteiger partial charge in [0.15, 0.2) is 5.69 Å². The number of carboxylic acid groups (broad SMARTS) is 1. The van der Waals surface area contributed by atoms with Gasteiger partial charge >= 0.3 is 5.97 Å². The fraction of sp³-hybridized carbons (Fsp3) is 0.167. The Morgan fingerprint density at radius 2 is 1.95 bits per heavy atom. The Labute approximate surface area is 118 Å². The maximum atomic E-state index is 12.2. The molecule has 0 saturated carbocycles. The van der Waals surface area contributed by atoms with Crippen LogP contribution >= 0.6 is 11.5 Å². The lowest BCUT2D eigenvalue weighted by molar-refractivity contribution is 0.0696. The third-order valence-electron chi connectivity index (χ3n) is 2.57. The summed E-state index contributed by atoms with van der Waals surface area (Å²) in [5, 5.41) is 23.1. The first-order valence-corrected chi connectivity index (χ1v) is 6.50. The van der Waals surface area contributed by atoms with Crippen LogP contribution in [0.5, 0.6) is 0 Å². The van der Waals surface area contributed by atoms with Crippen LogP contribution in [0.15, 0.2) is 29.6 Å². The summed E-state index contributed by atoms with van der Waals surface area (Å²) in [5.74, 6) is -1.43. The Bertz CT molecular complexity index is 598. The molecule has 0 fully saturated rings. The number of amides is 1. The second-order valence-corrected chi connectivity index (χ2v) is 4.43. The van der Waals surface area contributed by atoms with Gasteiger partial charge in [0, 0.05) is 17.6 Å². The van der Waals surface area contributed by atoms with Crippen LogP contribution in [0.3, 0.4) is 0 Å². The standard InChI is InChI=1S/C12H11N3O4S/c16-6-5-15(11(17)10-7-20-14-13-10)9-3-1-8(2-4-9)12(18)19/h1-4,7,16H,5-6H2,(H,18,19). The van der Waals surface area contributed by atoms with E-state index in [1.54, 1.807) is 0 Å². The number of benzene rings is 1. The summed E-state index contributed by atoms with van der Waals surface area (Å²) >= 11 is 1.06. The zero-order chi connectivity index (χ0) is 14.5. The highest BCUT2D eigenvalue weighted by Crippen LogP contribution is 2.18. The molecule has 1 amide bonds. The Kier molecular flexibility index (Phi) is 4.38. The van der Waals surface area contributed by atoms with Gasteiger partial charge < -0.3 is 15.1 Å². The molecule has 1 heterocycles. The number of carbonyl (C=O) groups excluding carboxylic acids is 1. The average molecular weight is 293 g/mol. The summed E-state index contributed by atoms with van der Waals surface area (Å²) in [6.07, 6.45) is 0. The van der Waals surface area contributed by atoms with Crippen molar-refractivity contribution in [2.75, 3.05) is 18.1 Å². The quantitative estimate of drug-likeness (QED) is 0.848. The molecular weight excluding hydrogens is 282 g/mol. The van der Waals surface area contributed by atoms with Crippen molar-refractivity contribution in [2.45, 2.75) is 0 Å². The fourth-order valence-corrected chi connectivity index (χ4v) is 2.06. The zero-order valence-electron chi connectivity index (χ0n) is 10.3. The molecule has 0 unspecified atom stereocenters. The summed E-state index contributed by atoms with van der Waals surface area (Å²) in [7, 11) is 0. The summed E-state index contributed by atoms with van der Waals surface area (Å²) in [6, 6.07) is 5.82. The second-order valence-electron chi connectivity index (χ2n) is 3.82. The van der Waals surface area contributed by atoms with E-state index in [9.17, 15) is 9.59 Å². The smallest absolute Gasteiger partial charge is 0.335 e. The Hall–Kier alpha value is -2.32. The van der Waals surface area contributed by atoms with Gasteiger partial charge in [0.1, 0.15) is 0 Å². The molecule has 0 aliphatic rings. The Morgan fingerprint density at radius 3 is 2.45 bits per heavy atom. The molecule has 7 nitrogen and oxygen atoms in total. The van der Waals surface area contributed by atoms with E-state index in [4.69, 9.17) is 10.2 Å². The molecule has 0 saturated heterocycles. The SMILES string of the molecule is O=C(O)c1ccc(N(CCO)C(=O)c2csnn2)cc1. The first-order chi connectivity index (χ1) is 9.63. The normalized spacial score (nSPS) is 10.2. The van der Waals surface area contributed by atoms with Crippen LogP contribution in [-0.4, -0.2) is 44.8 Å². The minimum Gasteiger partial charge on any atom is -0.478 e. The van der Waals surface area contributed by atoms with Gasteiger partial charge in [0.25, 0.3) is 5.91 Å². The van der Waals surface area contributed by atoms with Crippen molar-refractivity contribution in [1.29, 1.82) is 0 Å². The molecule has 0 spiro atoms. The Balaban J connectivity index is 2.28. The number of aliphatic hydroxyl groups excluding tert-OH is 1. The van der Waals surface area contributed by atoms with Gasteiger partial charge in [-0.2, -0.15) is 0 Å². The molecule has 2 rings (SSSR count). The lowest BCUT2D eigenvalue weighted by Gasteiger charge is -2.20. The number of nitrogens with zero attached hydrogens (tertiary/aromatic N) is 3. The van der Waals surface area contributed by atoms with E-state index in [-0.39, 0.29) is 24.4 Å². The number of hydrogen-bond donors (Lipinski definition) is 2. The van der Waals surface area contributed by atoms with E-state index in [0.717, 1.165) is 11.5 Å². The number of anilines is 1. The van der Waals surface area contributed by atoms with E-state index in [1.165, 1.54) is 34.5 Å². The molecule has 0 aliphatic heterocycles. The van der Waals surface area contributed by atoms with Gasteiger partial charge in [-0.1, -0.05) is 4.49 Å². The molecule has 0 aliphatic carbocycles. The molecule has 8 heteroatoms. The number of aromatic carboxylic acids is 1. The number of carboxylic acids is 1. The fourth-order valence-electron chi connectivity index (χ4n) is 1.63. The minimum atomic E-state index is -1.04. The van der Waals surface area contributed by atoms with Crippen molar-refractivity contribution in [3.63, 3.8) is 0 Å². The van der Waals surface area contributed by atoms with Crippen molar-refractivity contribution >= 4 is 29.1 Å². The van der Waals surface area contributed by atoms with Crippen molar-refractivity contribution in [2.24, 2.45) is 0 Å². The van der Waals surface area contributed by atoms with Crippen LogP contribution in [-0.2, 0) is 0 Å². The zero-order valence-corrected chi connectivity index (χ0v) is 11.1. The van der Waals surface area contributed by atoms with Crippen LogP contribution in [0.4, 0.5) is 5.69 Å². The topological polar surface area (TPSA) is 104 Å². The van der Waals surface area contributed by atoms with Gasteiger partial charge in [-0.15, -0.1) is 5.10 Å². The monoisotopic (exact) mass is 293 g/mol. The first-order valence-electron chi connectivity index (χ1n) is 5.66. The lowest BCUT2D eigenvalue weighted by Crippen LogP contribution is -2.33. The van der Waals surface area contributed by atoms with Crippen LogP contribution < -0.4 is 4.90 Å². The molecule has 2 N–H and O–H groups in total. The van der Waals surface area contributed by atoms with E-state index in [2.05, 4.69) is 9.59 Å². The predicted molar refractivity (Wildman–Crippen MR) is 72.1 cm³/mol. The first kappa shape index (κ1) is 14.1. The van der Waals surface area contributed by atoms with Crippen LogP contribution in [0, 0.1) is 0 Å². The maximum Gasteiger partial charge on any atom is 0.335 e. The molecule has 104 valence electrons. The minimum absolute atomic E-state index is 0.0861. The van der Waals surface area contributed by atoms with E-state index < -0.39 is 11.9 Å². The van der Waals surface area contributed by atoms with Crippen molar-refractivity contribution in [1.82, 2.24) is 9.59 Å². The number of carbonyl (C=O) groups is 2. The third kappa shape index (κ3) is 2.98. The summed E-state index contributed by atoms with van der Waals surface area (Å²) < 4.78 is 3.62. The van der Waals surface area contributed by atoms with Gasteiger partial charge in [0.2, 0.25) is 0 Å². The molecule has 0 atom stereocenters. The number of rotatable bonds is 5. The van der Waals surface area contributed by atoms with Crippen LogP contribution in [0.25, 0.3) is 0 Å². The number of aromatic nitrogens is 2. The van der Waals surface area contributed by atoms with Crippen LogP contribution in [0.1, 0.15) is 20.8 Å². The van der Waals surface area contributed by atoms with Gasteiger partial charge in [0.05, 0.1) is 12.2 Å². The molecule has 2 aromatic rings. The second kappa shape index (κ2) is 6.22. The van der Waals surface area contributed by atoms with Crippen LogP contribution in [0.2, 0.25) is 0 Å². The number of hydrogen-bond acceptors (Lipinski definition) is 6. The summed E-state index contributed by atoms with van der Waals surface area (Å²) in [4.78, 5) is 24.3. The van der Waals surface area contributed by atoms with Crippen molar-refractivity contribution in [3.8, 4) is 0 Å². The molecule has 1 aromatic carbocycles. The van der Waals surface area contributed by atoms with Gasteiger partial charge in [-0.05, 0) is 35.8 Å².